The molecule has 0 fully saturated rings. The molecule has 88 valence electrons. The van der Waals surface area contributed by atoms with Crippen LogP contribution in [0.5, 0.6) is 0 Å². The van der Waals surface area contributed by atoms with Gasteiger partial charge >= 0.3 is 0 Å². The monoisotopic (exact) mass is 270 g/mol. The van der Waals surface area contributed by atoms with Crippen LogP contribution in [0, 0.1) is 5.82 Å². The van der Waals surface area contributed by atoms with Crippen molar-refractivity contribution in [2.45, 2.75) is 6.61 Å². The van der Waals surface area contributed by atoms with Gasteiger partial charge < -0.3 is 5.11 Å². The van der Waals surface area contributed by atoms with E-state index in [0.717, 1.165) is 0 Å². The van der Waals surface area contributed by atoms with Crippen LogP contribution in [0.4, 0.5) is 4.39 Å². The van der Waals surface area contributed by atoms with Crippen molar-refractivity contribution in [3.05, 3.63) is 57.8 Å². The Morgan fingerprint density at radius 3 is 2.29 bits per heavy atom. The highest BCUT2D eigenvalue weighted by atomic mass is 35.5. The number of hydrogen-bond donors (Lipinski definition) is 1. The molecular weight excluding hydrogens is 262 g/mol. The van der Waals surface area contributed by atoms with E-state index in [0.29, 0.717) is 26.7 Å². The highest BCUT2D eigenvalue weighted by Crippen LogP contribution is 2.36. The van der Waals surface area contributed by atoms with E-state index in [-0.39, 0.29) is 6.61 Å². The van der Waals surface area contributed by atoms with Crippen molar-refractivity contribution in [2.75, 3.05) is 0 Å². The average molecular weight is 271 g/mol. The molecule has 1 nitrogen and oxygen atoms in total. The van der Waals surface area contributed by atoms with Crippen LogP contribution in [-0.2, 0) is 6.61 Å². The lowest BCUT2D eigenvalue weighted by molar-refractivity contribution is 0.282. The first-order chi connectivity index (χ1) is 8.13. The van der Waals surface area contributed by atoms with Crippen LogP contribution < -0.4 is 0 Å². The predicted molar refractivity (Wildman–Crippen MR) is 67.8 cm³/mol. The molecular formula is C13H9Cl2FO. The van der Waals surface area contributed by atoms with E-state index >= 15 is 0 Å². The normalized spacial score (nSPS) is 10.6. The smallest absolute Gasteiger partial charge is 0.123 e. The fraction of sp³-hybridized carbons (Fsp3) is 0.0769. The Morgan fingerprint density at radius 2 is 1.71 bits per heavy atom. The zero-order valence-electron chi connectivity index (χ0n) is 8.75. The van der Waals surface area contributed by atoms with Gasteiger partial charge in [-0.15, -0.1) is 0 Å². The molecule has 2 rings (SSSR count). The van der Waals surface area contributed by atoms with E-state index in [1.165, 1.54) is 12.1 Å². The van der Waals surface area contributed by atoms with Crippen molar-refractivity contribution in [3.8, 4) is 11.1 Å². The summed E-state index contributed by atoms with van der Waals surface area (Å²) in [5.41, 5.74) is 1.71. The Hall–Kier alpha value is -1.09. The van der Waals surface area contributed by atoms with Crippen LogP contribution in [0.3, 0.4) is 0 Å². The van der Waals surface area contributed by atoms with Gasteiger partial charge in [0.05, 0.1) is 6.61 Å². The molecule has 0 atom stereocenters. The molecule has 17 heavy (non-hydrogen) atoms. The van der Waals surface area contributed by atoms with Gasteiger partial charge in [-0.3, -0.25) is 0 Å². The molecule has 0 heterocycles. The van der Waals surface area contributed by atoms with E-state index in [9.17, 15) is 9.50 Å². The molecule has 1 N–H and O–H groups in total. The first-order valence-electron chi connectivity index (χ1n) is 4.97. The fourth-order valence-electron chi connectivity index (χ4n) is 1.69. The van der Waals surface area contributed by atoms with Crippen LogP contribution in [0.25, 0.3) is 11.1 Å². The lowest BCUT2D eigenvalue weighted by Gasteiger charge is -2.11. The van der Waals surface area contributed by atoms with E-state index in [2.05, 4.69) is 0 Å². The topological polar surface area (TPSA) is 20.2 Å². The van der Waals surface area contributed by atoms with Crippen LogP contribution in [0.15, 0.2) is 36.4 Å². The van der Waals surface area contributed by atoms with Crippen LogP contribution in [-0.4, -0.2) is 5.11 Å². The molecule has 0 bridgehead atoms. The maximum Gasteiger partial charge on any atom is 0.123 e. The van der Waals surface area contributed by atoms with Gasteiger partial charge in [0.25, 0.3) is 0 Å². The largest absolute Gasteiger partial charge is 0.392 e. The van der Waals surface area contributed by atoms with E-state index in [1.807, 2.05) is 0 Å². The minimum absolute atomic E-state index is 0.269. The van der Waals surface area contributed by atoms with Crippen molar-refractivity contribution in [1.82, 2.24) is 0 Å². The summed E-state index contributed by atoms with van der Waals surface area (Å²) in [4.78, 5) is 0. The molecule has 2 aromatic rings. The van der Waals surface area contributed by atoms with Crippen LogP contribution in [0.1, 0.15) is 5.56 Å². The molecule has 0 aliphatic rings. The molecule has 0 saturated carbocycles. The summed E-state index contributed by atoms with van der Waals surface area (Å²) in [7, 11) is 0. The van der Waals surface area contributed by atoms with Gasteiger partial charge in [-0.1, -0.05) is 35.3 Å². The van der Waals surface area contributed by atoms with Crippen molar-refractivity contribution < 1.29 is 9.50 Å². The Morgan fingerprint density at radius 1 is 1.06 bits per heavy atom. The average Bonchev–Trinajstić information content (AvgIpc) is 2.30. The summed E-state index contributed by atoms with van der Waals surface area (Å²) in [5, 5.41) is 10.2. The van der Waals surface area contributed by atoms with Crippen molar-refractivity contribution >= 4 is 23.2 Å². The van der Waals surface area contributed by atoms with Gasteiger partial charge in [-0.25, -0.2) is 4.39 Å². The highest BCUT2D eigenvalue weighted by molar-refractivity contribution is 6.39. The molecule has 0 aromatic heterocycles. The third-order valence-electron chi connectivity index (χ3n) is 2.47. The number of benzene rings is 2. The molecule has 2 aromatic carbocycles. The summed E-state index contributed by atoms with van der Waals surface area (Å²) >= 11 is 12.1. The first-order valence-corrected chi connectivity index (χ1v) is 5.72. The number of rotatable bonds is 2. The molecule has 0 radical (unpaired) electrons. The number of aliphatic hydroxyl groups is 1. The second kappa shape index (κ2) is 5.05. The maximum atomic E-state index is 13.1. The second-order valence-electron chi connectivity index (χ2n) is 3.56. The first kappa shape index (κ1) is 12.4. The van der Waals surface area contributed by atoms with Gasteiger partial charge in [0, 0.05) is 15.6 Å². The Kier molecular flexibility index (Phi) is 3.67. The minimum atomic E-state index is -0.402. The third-order valence-corrected chi connectivity index (χ3v) is 3.10. The van der Waals surface area contributed by atoms with E-state index in [4.69, 9.17) is 23.2 Å². The van der Waals surface area contributed by atoms with Crippen molar-refractivity contribution in [3.63, 3.8) is 0 Å². The zero-order valence-corrected chi connectivity index (χ0v) is 10.3. The highest BCUT2D eigenvalue weighted by Gasteiger charge is 2.12. The molecule has 0 amide bonds. The molecule has 0 aliphatic carbocycles. The Balaban J connectivity index is 2.68. The summed E-state index contributed by atoms with van der Waals surface area (Å²) in [6.07, 6.45) is 0. The van der Waals surface area contributed by atoms with Gasteiger partial charge in [0.2, 0.25) is 0 Å². The SMILES string of the molecule is OCc1cc(F)ccc1-c1c(Cl)cccc1Cl. The predicted octanol–water partition coefficient (Wildman–Crippen LogP) is 4.29. The number of halogens is 3. The summed E-state index contributed by atoms with van der Waals surface area (Å²) in [5.74, 6) is -0.402. The van der Waals surface area contributed by atoms with Gasteiger partial charge in [0.1, 0.15) is 5.82 Å². The lowest BCUT2D eigenvalue weighted by atomic mass is 10.00. The van der Waals surface area contributed by atoms with Crippen molar-refractivity contribution in [1.29, 1.82) is 0 Å². The van der Waals surface area contributed by atoms with Gasteiger partial charge in [0.15, 0.2) is 0 Å². The van der Waals surface area contributed by atoms with Crippen molar-refractivity contribution in [2.24, 2.45) is 0 Å². The zero-order chi connectivity index (χ0) is 12.4. The number of hydrogen-bond acceptors (Lipinski definition) is 1. The van der Waals surface area contributed by atoms with Gasteiger partial charge in [-0.05, 0) is 35.4 Å². The fourth-order valence-corrected chi connectivity index (χ4v) is 2.29. The molecule has 0 spiro atoms. The van der Waals surface area contributed by atoms with Crippen LogP contribution >= 0.6 is 23.2 Å². The third kappa shape index (κ3) is 2.44. The van der Waals surface area contributed by atoms with E-state index < -0.39 is 5.82 Å². The Bertz CT molecular complexity index is 535. The number of aliphatic hydroxyl groups excluding tert-OH is 1. The van der Waals surface area contributed by atoms with Crippen LogP contribution in [0.2, 0.25) is 10.0 Å². The Labute approximate surface area is 108 Å². The lowest BCUT2D eigenvalue weighted by Crippen LogP contribution is -1.92. The molecule has 0 saturated heterocycles. The molecule has 0 aliphatic heterocycles. The van der Waals surface area contributed by atoms with Gasteiger partial charge in [-0.2, -0.15) is 0 Å². The summed E-state index contributed by atoms with van der Waals surface area (Å²) < 4.78 is 13.1. The van der Waals surface area contributed by atoms with E-state index in [1.54, 1.807) is 24.3 Å². The molecule has 0 unspecified atom stereocenters. The summed E-state index contributed by atoms with van der Waals surface area (Å²) in [6.45, 7) is -0.269. The standard InChI is InChI=1S/C13H9Cl2FO/c14-11-2-1-3-12(15)13(11)10-5-4-9(16)6-8(10)7-17/h1-6,17H,7H2. The molecule has 4 heteroatoms. The maximum absolute atomic E-state index is 13.1. The quantitative estimate of drug-likeness (QED) is 0.863. The summed E-state index contributed by atoms with van der Waals surface area (Å²) in [6, 6.07) is 9.29. The second-order valence-corrected chi connectivity index (χ2v) is 4.37. The minimum Gasteiger partial charge on any atom is -0.392 e.